The molecule has 0 aliphatic heterocycles. The van der Waals surface area contributed by atoms with Crippen LogP contribution in [-0.4, -0.2) is 13.0 Å². The van der Waals surface area contributed by atoms with Crippen LogP contribution in [0.15, 0.2) is 36.4 Å². The van der Waals surface area contributed by atoms with Crippen LogP contribution in [0.5, 0.6) is 5.75 Å². The summed E-state index contributed by atoms with van der Waals surface area (Å²) < 4.78 is 5.48. The van der Waals surface area contributed by atoms with E-state index in [2.05, 4.69) is 32.2 Å². The number of nitrogens with zero attached hydrogens (tertiary/aromatic N) is 1. The molecule has 1 aliphatic carbocycles. The maximum Gasteiger partial charge on any atom is 0.260 e. The molecule has 154 valence electrons. The largest absolute Gasteiger partial charge is 0.496 e. The van der Waals surface area contributed by atoms with Gasteiger partial charge < -0.3 is 10.1 Å². The molecule has 1 atom stereocenters. The molecule has 0 fully saturated rings. The molecule has 4 rings (SSSR count). The molecule has 0 unspecified atom stereocenters. The second-order valence-electron chi connectivity index (χ2n) is 8.98. The Balaban J connectivity index is 1.67. The average Bonchev–Trinajstić information content (AvgIpc) is 3.08. The van der Waals surface area contributed by atoms with Gasteiger partial charge >= 0.3 is 0 Å². The van der Waals surface area contributed by atoms with E-state index in [-0.39, 0.29) is 11.3 Å². The summed E-state index contributed by atoms with van der Waals surface area (Å²) in [5.41, 5.74) is 2.44. The van der Waals surface area contributed by atoms with Crippen LogP contribution in [0.2, 0.25) is 0 Å². The standard InChI is InChI=1S/C25H26N2O2S/c1-25(2,3)17-9-10-18-20(14-26)24(30-22(18)13-17)27-23(28)19-11-15-7-5-6-8-16(15)12-21(19)29-4/h5-8,11-12,17H,9-10,13H2,1-4H3,(H,27,28)/t17-/m1/s1. The van der Waals surface area contributed by atoms with Crippen LogP contribution >= 0.6 is 11.3 Å². The summed E-state index contributed by atoms with van der Waals surface area (Å²) in [6.07, 6.45) is 2.94. The van der Waals surface area contributed by atoms with Gasteiger partial charge in [0.2, 0.25) is 0 Å². The van der Waals surface area contributed by atoms with E-state index in [0.717, 1.165) is 35.6 Å². The SMILES string of the molecule is COc1cc2ccccc2cc1C(=O)Nc1sc2c(c1C#N)CC[C@@H](C(C)(C)C)C2. The molecule has 1 amide bonds. The van der Waals surface area contributed by atoms with Crippen LogP contribution in [0.3, 0.4) is 0 Å². The number of hydrogen-bond acceptors (Lipinski definition) is 4. The molecule has 0 spiro atoms. The molecule has 0 bridgehead atoms. The third-order valence-electron chi connectivity index (χ3n) is 6.14. The molecule has 1 N–H and O–H groups in total. The zero-order valence-corrected chi connectivity index (χ0v) is 18.7. The van der Waals surface area contributed by atoms with Gasteiger partial charge in [0, 0.05) is 4.88 Å². The lowest BCUT2D eigenvalue weighted by atomic mass is 9.72. The molecule has 30 heavy (non-hydrogen) atoms. The Kier molecular flexibility index (Phi) is 5.29. The van der Waals surface area contributed by atoms with Gasteiger partial charge in [-0.25, -0.2) is 0 Å². The number of carbonyl (C=O) groups excluding carboxylic acids is 1. The van der Waals surface area contributed by atoms with E-state index >= 15 is 0 Å². The highest BCUT2D eigenvalue weighted by atomic mass is 32.1. The Labute approximate surface area is 181 Å². The second-order valence-corrected chi connectivity index (χ2v) is 10.1. The molecule has 1 aromatic heterocycles. The maximum absolute atomic E-state index is 13.1. The number of methoxy groups -OCH3 is 1. The summed E-state index contributed by atoms with van der Waals surface area (Å²) in [6.45, 7) is 6.82. The normalized spacial score (nSPS) is 16.0. The summed E-state index contributed by atoms with van der Waals surface area (Å²) in [5, 5.41) is 15.4. The predicted molar refractivity (Wildman–Crippen MR) is 122 cm³/mol. The van der Waals surface area contributed by atoms with Crippen LogP contribution in [0.4, 0.5) is 5.00 Å². The van der Waals surface area contributed by atoms with E-state index < -0.39 is 0 Å². The number of fused-ring (bicyclic) bond motifs is 2. The van der Waals surface area contributed by atoms with Crippen molar-refractivity contribution in [3.8, 4) is 11.8 Å². The summed E-state index contributed by atoms with van der Waals surface area (Å²) in [6, 6.07) is 13.9. The highest BCUT2D eigenvalue weighted by Crippen LogP contribution is 2.44. The highest BCUT2D eigenvalue weighted by Gasteiger charge is 2.32. The number of hydrogen-bond donors (Lipinski definition) is 1. The van der Waals surface area contributed by atoms with Gasteiger partial charge in [-0.2, -0.15) is 5.26 Å². The Morgan fingerprint density at radius 3 is 2.57 bits per heavy atom. The Morgan fingerprint density at radius 1 is 1.23 bits per heavy atom. The van der Waals surface area contributed by atoms with Crippen molar-refractivity contribution in [3.63, 3.8) is 0 Å². The van der Waals surface area contributed by atoms with Crippen LogP contribution in [0.25, 0.3) is 10.8 Å². The van der Waals surface area contributed by atoms with E-state index in [0.29, 0.717) is 27.8 Å². The quantitative estimate of drug-likeness (QED) is 0.552. The summed E-state index contributed by atoms with van der Waals surface area (Å²) in [7, 11) is 1.57. The minimum Gasteiger partial charge on any atom is -0.496 e. The minimum absolute atomic E-state index is 0.232. The van der Waals surface area contributed by atoms with Crippen molar-refractivity contribution in [3.05, 3.63) is 58.0 Å². The number of anilines is 1. The number of carbonyl (C=O) groups is 1. The van der Waals surface area contributed by atoms with Crippen molar-refractivity contribution < 1.29 is 9.53 Å². The lowest BCUT2D eigenvalue weighted by Gasteiger charge is -2.33. The zero-order chi connectivity index (χ0) is 21.5. The van der Waals surface area contributed by atoms with Crippen molar-refractivity contribution in [2.45, 2.75) is 40.0 Å². The lowest BCUT2D eigenvalue weighted by molar-refractivity contribution is 0.102. The maximum atomic E-state index is 13.1. The van der Waals surface area contributed by atoms with E-state index in [1.54, 1.807) is 18.4 Å². The van der Waals surface area contributed by atoms with Gasteiger partial charge in [-0.05, 0) is 59.1 Å². The smallest absolute Gasteiger partial charge is 0.260 e. The summed E-state index contributed by atoms with van der Waals surface area (Å²) in [5.74, 6) is 0.859. The van der Waals surface area contributed by atoms with Gasteiger partial charge in [0.1, 0.15) is 16.8 Å². The van der Waals surface area contributed by atoms with Crippen molar-refractivity contribution in [2.75, 3.05) is 12.4 Å². The van der Waals surface area contributed by atoms with Gasteiger partial charge in [-0.15, -0.1) is 11.3 Å². The monoisotopic (exact) mass is 418 g/mol. The molecule has 3 aromatic rings. The molecule has 5 heteroatoms. The van der Waals surface area contributed by atoms with E-state index in [4.69, 9.17) is 4.74 Å². The Bertz CT molecular complexity index is 1160. The van der Waals surface area contributed by atoms with E-state index in [9.17, 15) is 10.1 Å². The van der Waals surface area contributed by atoms with Gasteiger partial charge in [0.15, 0.2) is 0 Å². The Hall–Kier alpha value is -2.84. The van der Waals surface area contributed by atoms with Gasteiger partial charge in [-0.1, -0.05) is 45.0 Å². The number of ether oxygens (including phenoxy) is 1. The Morgan fingerprint density at radius 2 is 1.93 bits per heavy atom. The fraction of sp³-hybridized carbons (Fsp3) is 0.360. The number of benzene rings is 2. The summed E-state index contributed by atoms with van der Waals surface area (Å²) >= 11 is 1.55. The molecular weight excluding hydrogens is 392 g/mol. The molecule has 2 aromatic carbocycles. The van der Waals surface area contributed by atoms with Crippen LogP contribution in [0, 0.1) is 22.7 Å². The fourth-order valence-corrected chi connectivity index (χ4v) is 5.54. The highest BCUT2D eigenvalue weighted by molar-refractivity contribution is 7.16. The molecule has 4 nitrogen and oxygen atoms in total. The first-order valence-electron chi connectivity index (χ1n) is 10.2. The van der Waals surface area contributed by atoms with Gasteiger partial charge in [-0.3, -0.25) is 4.79 Å². The zero-order valence-electron chi connectivity index (χ0n) is 17.8. The van der Waals surface area contributed by atoms with Crippen molar-refractivity contribution in [2.24, 2.45) is 11.3 Å². The van der Waals surface area contributed by atoms with E-state index in [1.165, 1.54) is 4.88 Å². The van der Waals surface area contributed by atoms with Crippen LogP contribution in [0.1, 0.15) is 53.6 Å². The number of thiophene rings is 1. The average molecular weight is 419 g/mol. The van der Waals surface area contributed by atoms with Gasteiger partial charge in [0.25, 0.3) is 5.91 Å². The molecule has 0 saturated carbocycles. The number of amides is 1. The molecular formula is C25H26N2O2S. The molecule has 0 saturated heterocycles. The van der Waals surface area contributed by atoms with Crippen LogP contribution < -0.4 is 10.1 Å². The number of rotatable bonds is 3. The van der Waals surface area contributed by atoms with Crippen molar-refractivity contribution in [1.29, 1.82) is 5.26 Å². The summed E-state index contributed by atoms with van der Waals surface area (Å²) in [4.78, 5) is 14.4. The van der Waals surface area contributed by atoms with Crippen molar-refractivity contribution in [1.82, 2.24) is 0 Å². The fourth-order valence-electron chi connectivity index (χ4n) is 4.27. The second kappa shape index (κ2) is 7.77. The predicted octanol–water partition coefficient (Wildman–Crippen LogP) is 6.18. The van der Waals surface area contributed by atoms with E-state index in [1.807, 2.05) is 36.4 Å². The topological polar surface area (TPSA) is 62.1 Å². The molecule has 1 aliphatic rings. The van der Waals surface area contributed by atoms with Crippen molar-refractivity contribution >= 4 is 33.0 Å². The van der Waals surface area contributed by atoms with Crippen LogP contribution in [-0.2, 0) is 12.8 Å². The lowest BCUT2D eigenvalue weighted by Crippen LogP contribution is -2.26. The first kappa shape index (κ1) is 20.4. The first-order valence-corrected chi connectivity index (χ1v) is 11.1. The molecule has 1 heterocycles. The third-order valence-corrected chi connectivity index (χ3v) is 7.31. The third kappa shape index (κ3) is 3.68. The van der Waals surface area contributed by atoms with Gasteiger partial charge in [0.05, 0.1) is 18.2 Å². The first-order chi connectivity index (χ1) is 14.3. The number of nitriles is 1. The number of nitrogens with one attached hydrogen (secondary N) is 1. The minimum atomic E-state index is -0.250. The molecule has 0 radical (unpaired) electrons.